The van der Waals surface area contributed by atoms with Gasteiger partial charge in [0.25, 0.3) is 0 Å². The summed E-state index contributed by atoms with van der Waals surface area (Å²) in [6.45, 7) is 0.232. The molecule has 11 nitrogen and oxygen atoms in total. The molecule has 1 aromatic carbocycles. The van der Waals surface area contributed by atoms with E-state index in [0.29, 0.717) is 29.7 Å². The van der Waals surface area contributed by atoms with E-state index in [2.05, 4.69) is 25.7 Å². The molecule has 2 aromatic heterocycles. The molecule has 4 rings (SSSR count). The summed E-state index contributed by atoms with van der Waals surface area (Å²) in [6, 6.07) is 6.30. The Morgan fingerprint density at radius 3 is 2.70 bits per heavy atom. The van der Waals surface area contributed by atoms with E-state index >= 15 is 0 Å². The molecule has 0 spiro atoms. The Labute approximate surface area is 190 Å². The first kappa shape index (κ1) is 22.9. The van der Waals surface area contributed by atoms with Gasteiger partial charge in [0.1, 0.15) is 0 Å². The minimum Gasteiger partial charge on any atom is -0.465 e. The minimum atomic E-state index is -3.57. The van der Waals surface area contributed by atoms with Crippen molar-refractivity contribution in [1.82, 2.24) is 25.1 Å². The van der Waals surface area contributed by atoms with Crippen molar-refractivity contribution < 1.29 is 23.4 Å². The van der Waals surface area contributed by atoms with Gasteiger partial charge in [-0.25, -0.2) is 22.9 Å². The van der Waals surface area contributed by atoms with Crippen LogP contribution in [0.5, 0.6) is 0 Å². The van der Waals surface area contributed by atoms with Crippen LogP contribution < -0.4 is 10.6 Å². The highest BCUT2D eigenvalue weighted by Gasteiger charge is 2.23. The van der Waals surface area contributed by atoms with Crippen LogP contribution >= 0.6 is 0 Å². The van der Waals surface area contributed by atoms with Crippen molar-refractivity contribution in [1.29, 1.82) is 0 Å². The summed E-state index contributed by atoms with van der Waals surface area (Å²) in [7, 11) is -3.57. The monoisotopic (exact) mass is 474 g/mol. The van der Waals surface area contributed by atoms with Gasteiger partial charge >= 0.3 is 6.09 Å². The molecule has 1 fully saturated rings. The van der Waals surface area contributed by atoms with Gasteiger partial charge in [0.2, 0.25) is 5.95 Å². The molecule has 33 heavy (non-hydrogen) atoms. The molecule has 0 unspecified atom stereocenters. The summed E-state index contributed by atoms with van der Waals surface area (Å²) in [5, 5.41) is 28.7. The number of nitrogens with one attached hydrogen (secondary N) is 2. The summed E-state index contributed by atoms with van der Waals surface area (Å²) in [5.41, 5.74) is 1.19. The van der Waals surface area contributed by atoms with Gasteiger partial charge in [-0.05, 0) is 49.8 Å². The average molecular weight is 475 g/mol. The van der Waals surface area contributed by atoms with Gasteiger partial charge in [0, 0.05) is 24.5 Å². The van der Waals surface area contributed by atoms with Crippen LogP contribution in [0, 0.1) is 5.92 Å². The van der Waals surface area contributed by atoms with Crippen molar-refractivity contribution in [2.45, 2.75) is 43.2 Å². The third kappa shape index (κ3) is 5.57. The van der Waals surface area contributed by atoms with Crippen molar-refractivity contribution in [3.63, 3.8) is 0 Å². The van der Waals surface area contributed by atoms with E-state index in [0.717, 1.165) is 31.1 Å². The molecule has 0 aliphatic heterocycles. The molecule has 1 amide bonds. The van der Waals surface area contributed by atoms with Crippen molar-refractivity contribution in [3.8, 4) is 0 Å². The molecule has 12 heteroatoms. The molecule has 4 N–H and O–H groups in total. The van der Waals surface area contributed by atoms with Crippen LogP contribution in [0.3, 0.4) is 0 Å². The third-order valence-electron chi connectivity index (χ3n) is 5.79. The lowest BCUT2D eigenvalue weighted by Crippen LogP contribution is -2.37. The zero-order valence-electron chi connectivity index (χ0n) is 17.9. The van der Waals surface area contributed by atoms with Crippen molar-refractivity contribution in [3.05, 3.63) is 36.7 Å². The van der Waals surface area contributed by atoms with E-state index in [4.69, 9.17) is 10.2 Å². The van der Waals surface area contributed by atoms with Gasteiger partial charge in [-0.15, -0.1) is 0 Å². The zero-order valence-corrected chi connectivity index (χ0v) is 18.7. The molecule has 1 saturated carbocycles. The lowest BCUT2D eigenvalue weighted by molar-refractivity contribution is 0.180. The summed E-state index contributed by atoms with van der Waals surface area (Å²) in [4.78, 5) is 19.8. The Bertz CT molecular complexity index is 1240. The van der Waals surface area contributed by atoms with Crippen molar-refractivity contribution >= 4 is 38.6 Å². The van der Waals surface area contributed by atoms with Crippen LogP contribution in [0.1, 0.15) is 25.7 Å². The normalized spacial score (nSPS) is 18.8. The maximum Gasteiger partial charge on any atom is 0.404 e. The number of benzene rings is 1. The second kappa shape index (κ2) is 9.71. The molecule has 3 aromatic rings. The van der Waals surface area contributed by atoms with Gasteiger partial charge in [-0.2, -0.15) is 10.1 Å². The highest BCUT2D eigenvalue weighted by atomic mass is 32.2. The molecule has 176 valence electrons. The fourth-order valence-electron chi connectivity index (χ4n) is 4.10. The predicted octanol–water partition coefficient (Wildman–Crippen LogP) is 2.16. The van der Waals surface area contributed by atoms with Crippen molar-refractivity contribution in [2.24, 2.45) is 5.92 Å². The number of anilines is 2. The van der Waals surface area contributed by atoms with Crippen molar-refractivity contribution in [2.75, 3.05) is 17.7 Å². The van der Waals surface area contributed by atoms with Gasteiger partial charge in [0.05, 0.1) is 28.8 Å². The Morgan fingerprint density at radius 2 is 1.97 bits per heavy atom. The average Bonchev–Trinajstić information content (AvgIpc) is 3.17. The number of aliphatic hydroxyl groups excluding tert-OH is 1. The molecule has 1 aliphatic carbocycles. The lowest BCUT2D eigenvalue weighted by atomic mass is 9.86. The highest BCUT2D eigenvalue weighted by molar-refractivity contribution is 7.91. The molecular weight excluding hydrogens is 448 g/mol. The number of sulfone groups is 1. The Balaban J connectivity index is 1.47. The molecule has 2 heterocycles. The predicted molar refractivity (Wildman–Crippen MR) is 121 cm³/mol. The van der Waals surface area contributed by atoms with E-state index in [1.54, 1.807) is 24.5 Å². The van der Waals surface area contributed by atoms with E-state index in [1.165, 1.54) is 12.1 Å². The number of hydrogen-bond donors (Lipinski definition) is 4. The third-order valence-corrected chi connectivity index (χ3v) is 7.48. The summed E-state index contributed by atoms with van der Waals surface area (Å²) in [5.74, 6) is 0.349. The number of fused-ring (bicyclic) bond motifs is 1. The minimum absolute atomic E-state index is 0.00296. The van der Waals surface area contributed by atoms with E-state index in [1.807, 2.05) is 4.68 Å². The van der Waals surface area contributed by atoms with E-state index in [9.17, 15) is 13.2 Å². The van der Waals surface area contributed by atoms with Gasteiger partial charge in [-0.1, -0.05) is 6.07 Å². The summed E-state index contributed by atoms with van der Waals surface area (Å²) >= 11 is 0. The van der Waals surface area contributed by atoms with Crippen LogP contribution in [0.15, 0.2) is 41.6 Å². The molecule has 1 aliphatic rings. The Kier molecular flexibility index (Phi) is 6.75. The number of aliphatic hydroxyl groups is 1. The number of nitrogens with zero attached hydrogens (tertiary/aromatic N) is 4. The molecule has 0 bridgehead atoms. The first-order chi connectivity index (χ1) is 15.8. The number of amides is 1. The lowest BCUT2D eigenvalue weighted by Gasteiger charge is -2.28. The van der Waals surface area contributed by atoms with Gasteiger partial charge < -0.3 is 20.8 Å². The molecular formula is C21H26N6O5S. The van der Waals surface area contributed by atoms with Gasteiger partial charge in [-0.3, -0.25) is 0 Å². The first-order valence-electron chi connectivity index (χ1n) is 10.7. The van der Waals surface area contributed by atoms with Crippen LogP contribution in [-0.4, -0.2) is 62.9 Å². The first-order valence-corrected chi connectivity index (χ1v) is 12.4. The number of aromatic nitrogens is 4. The van der Waals surface area contributed by atoms with Crippen LogP contribution in [-0.2, 0) is 16.4 Å². The molecule has 0 atom stereocenters. The standard InChI is InChI=1S/C21H26N6O5S/c28-8-9-33(31,32)18-3-1-2-17(10-18)24-20-22-11-15-12-23-27(19(15)26-20)13-14-4-6-16(7-5-14)25-21(29)30/h1-3,10-12,14,16,25,28H,4-9,13H2,(H,29,30)(H,22,24,26). The summed E-state index contributed by atoms with van der Waals surface area (Å²) < 4.78 is 26.3. The molecule has 0 radical (unpaired) electrons. The fourth-order valence-corrected chi connectivity index (χ4v) is 5.17. The quantitative estimate of drug-likeness (QED) is 0.384. The maximum absolute atomic E-state index is 12.2. The second-order valence-corrected chi connectivity index (χ2v) is 10.3. The van der Waals surface area contributed by atoms with E-state index < -0.39 is 22.5 Å². The van der Waals surface area contributed by atoms with E-state index in [-0.39, 0.29) is 16.7 Å². The topological polar surface area (TPSA) is 159 Å². The highest BCUT2D eigenvalue weighted by Crippen LogP contribution is 2.27. The number of rotatable bonds is 8. The Hall–Kier alpha value is -3.25. The summed E-state index contributed by atoms with van der Waals surface area (Å²) in [6.07, 6.45) is 5.79. The Morgan fingerprint density at radius 1 is 1.18 bits per heavy atom. The van der Waals surface area contributed by atoms with Gasteiger partial charge in [0.15, 0.2) is 15.5 Å². The number of hydrogen-bond acceptors (Lipinski definition) is 8. The fraction of sp³-hybridized carbons (Fsp3) is 0.429. The SMILES string of the molecule is O=C(O)NC1CCC(Cn2ncc3cnc(Nc4cccc(S(=O)(=O)CCO)c4)nc32)CC1. The number of carboxylic acid groups (broad SMARTS) is 1. The second-order valence-electron chi connectivity index (χ2n) is 8.16. The smallest absolute Gasteiger partial charge is 0.404 e. The number of carbonyl (C=O) groups is 1. The maximum atomic E-state index is 12.2. The van der Waals surface area contributed by atoms with Crippen LogP contribution in [0.2, 0.25) is 0 Å². The largest absolute Gasteiger partial charge is 0.465 e. The molecule has 0 saturated heterocycles. The van der Waals surface area contributed by atoms with Crippen LogP contribution in [0.4, 0.5) is 16.4 Å². The van der Waals surface area contributed by atoms with Crippen LogP contribution in [0.25, 0.3) is 11.0 Å². The zero-order chi connectivity index (χ0) is 23.4.